The van der Waals surface area contributed by atoms with Crippen LogP contribution < -0.4 is 10.1 Å². The van der Waals surface area contributed by atoms with Crippen molar-refractivity contribution < 1.29 is 23.9 Å². The second-order valence-electron chi connectivity index (χ2n) is 7.11. The third-order valence-electron chi connectivity index (χ3n) is 3.80. The zero-order valence-corrected chi connectivity index (χ0v) is 16.7. The van der Waals surface area contributed by atoms with E-state index in [1.165, 1.54) is 0 Å². The first kappa shape index (κ1) is 21.4. The summed E-state index contributed by atoms with van der Waals surface area (Å²) in [6.45, 7) is 5.26. The van der Waals surface area contributed by atoms with Crippen molar-refractivity contribution in [2.75, 3.05) is 13.2 Å². The van der Waals surface area contributed by atoms with Crippen LogP contribution in [0.4, 0.5) is 0 Å². The molecule has 0 saturated heterocycles. The summed E-state index contributed by atoms with van der Waals surface area (Å²) in [5.41, 5.74) is 1.39. The van der Waals surface area contributed by atoms with Gasteiger partial charge in [-0.3, -0.25) is 14.9 Å². The van der Waals surface area contributed by atoms with Crippen LogP contribution in [0.5, 0.6) is 5.75 Å². The number of nitrogens with one attached hydrogen (secondary N) is 1. The standard InChI is InChI=1S/C21H22ClNO5/c1-21(2,3)15-6-4-14(5-7-15)20(26)23-18(24)12-28-19(25)13-27-17-10-8-16(22)9-11-17/h4-11H,12-13H2,1-3H3,(H,23,24,26). The first-order chi connectivity index (χ1) is 13.1. The van der Waals surface area contributed by atoms with E-state index >= 15 is 0 Å². The van der Waals surface area contributed by atoms with E-state index in [1.54, 1.807) is 36.4 Å². The zero-order valence-electron chi connectivity index (χ0n) is 16.0. The molecule has 0 spiro atoms. The van der Waals surface area contributed by atoms with Gasteiger partial charge in [0.05, 0.1) is 0 Å². The van der Waals surface area contributed by atoms with E-state index in [0.717, 1.165) is 5.56 Å². The van der Waals surface area contributed by atoms with Crippen molar-refractivity contribution in [2.45, 2.75) is 26.2 Å². The quantitative estimate of drug-likeness (QED) is 0.746. The smallest absolute Gasteiger partial charge is 0.344 e. The molecule has 0 aliphatic heterocycles. The van der Waals surface area contributed by atoms with Crippen LogP contribution in [-0.2, 0) is 19.7 Å². The number of carbonyl (C=O) groups excluding carboxylic acids is 3. The van der Waals surface area contributed by atoms with Crippen molar-refractivity contribution in [2.24, 2.45) is 0 Å². The fourth-order valence-corrected chi connectivity index (χ4v) is 2.34. The molecule has 0 radical (unpaired) electrons. The molecule has 1 N–H and O–H groups in total. The second kappa shape index (κ2) is 9.37. The molecular weight excluding hydrogens is 382 g/mol. The van der Waals surface area contributed by atoms with Gasteiger partial charge >= 0.3 is 5.97 Å². The van der Waals surface area contributed by atoms with E-state index in [-0.39, 0.29) is 12.0 Å². The summed E-state index contributed by atoms with van der Waals surface area (Å²) < 4.78 is 10.0. The molecule has 148 valence electrons. The van der Waals surface area contributed by atoms with Crippen LogP contribution in [0.1, 0.15) is 36.7 Å². The van der Waals surface area contributed by atoms with E-state index in [2.05, 4.69) is 26.1 Å². The van der Waals surface area contributed by atoms with E-state index < -0.39 is 24.4 Å². The lowest BCUT2D eigenvalue weighted by molar-refractivity contribution is -0.150. The van der Waals surface area contributed by atoms with Gasteiger partial charge in [0.2, 0.25) is 0 Å². The Morgan fingerprint density at radius 3 is 2.11 bits per heavy atom. The Morgan fingerprint density at radius 2 is 1.54 bits per heavy atom. The fraction of sp³-hybridized carbons (Fsp3) is 0.286. The van der Waals surface area contributed by atoms with Crippen LogP contribution in [0.25, 0.3) is 0 Å². The molecule has 6 nitrogen and oxygen atoms in total. The molecule has 0 aliphatic rings. The number of carbonyl (C=O) groups is 3. The van der Waals surface area contributed by atoms with Gasteiger partial charge in [0, 0.05) is 10.6 Å². The fourth-order valence-electron chi connectivity index (χ4n) is 2.22. The van der Waals surface area contributed by atoms with E-state index in [9.17, 15) is 14.4 Å². The van der Waals surface area contributed by atoms with Crippen molar-refractivity contribution in [3.05, 3.63) is 64.7 Å². The van der Waals surface area contributed by atoms with Crippen molar-refractivity contribution >= 4 is 29.4 Å². The number of imide groups is 1. The average molecular weight is 404 g/mol. The Labute approximate surface area is 168 Å². The topological polar surface area (TPSA) is 81.7 Å². The largest absolute Gasteiger partial charge is 0.482 e. The number of hydrogen-bond acceptors (Lipinski definition) is 5. The number of hydrogen-bond donors (Lipinski definition) is 1. The molecule has 0 aliphatic carbocycles. The van der Waals surface area contributed by atoms with Crippen molar-refractivity contribution in [3.8, 4) is 5.75 Å². The first-order valence-electron chi connectivity index (χ1n) is 8.64. The maximum atomic E-state index is 12.1. The maximum absolute atomic E-state index is 12.1. The molecule has 0 unspecified atom stereocenters. The minimum Gasteiger partial charge on any atom is -0.482 e. The van der Waals surface area contributed by atoms with Gasteiger partial charge in [-0.25, -0.2) is 4.79 Å². The molecule has 2 rings (SSSR count). The molecule has 0 bridgehead atoms. The summed E-state index contributed by atoms with van der Waals surface area (Å²) in [6.07, 6.45) is 0. The second-order valence-corrected chi connectivity index (χ2v) is 7.54. The number of amides is 2. The number of esters is 1. The highest BCUT2D eigenvalue weighted by Crippen LogP contribution is 2.22. The lowest BCUT2D eigenvalue weighted by Crippen LogP contribution is -2.34. The van der Waals surface area contributed by atoms with E-state index in [4.69, 9.17) is 21.1 Å². The Balaban J connectivity index is 1.76. The van der Waals surface area contributed by atoms with Gasteiger partial charge in [-0.2, -0.15) is 0 Å². The molecule has 28 heavy (non-hydrogen) atoms. The Kier molecular flexibility index (Phi) is 7.18. The van der Waals surface area contributed by atoms with Gasteiger partial charge in [-0.15, -0.1) is 0 Å². The molecule has 0 heterocycles. The number of benzene rings is 2. The molecule has 0 atom stereocenters. The normalized spacial score (nSPS) is 10.9. The maximum Gasteiger partial charge on any atom is 0.344 e. The van der Waals surface area contributed by atoms with Crippen molar-refractivity contribution in [1.29, 1.82) is 0 Å². The summed E-state index contributed by atoms with van der Waals surface area (Å²) in [5, 5.41) is 2.72. The summed E-state index contributed by atoms with van der Waals surface area (Å²) in [6, 6.07) is 13.4. The minimum atomic E-state index is -0.730. The molecular formula is C21H22ClNO5. The number of halogens is 1. The van der Waals surface area contributed by atoms with Gasteiger partial charge < -0.3 is 9.47 Å². The zero-order chi connectivity index (χ0) is 20.7. The molecule has 0 saturated carbocycles. The number of ether oxygens (including phenoxy) is 2. The van der Waals surface area contributed by atoms with E-state index in [1.807, 2.05) is 12.1 Å². The highest BCUT2D eigenvalue weighted by molar-refractivity contribution is 6.30. The van der Waals surface area contributed by atoms with Gasteiger partial charge in [0.25, 0.3) is 11.8 Å². The predicted molar refractivity (Wildman–Crippen MR) is 106 cm³/mol. The first-order valence-corrected chi connectivity index (χ1v) is 9.01. The Bertz CT molecular complexity index is 839. The lowest BCUT2D eigenvalue weighted by Gasteiger charge is -2.19. The molecule has 7 heteroatoms. The van der Waals surface area contributed by atoms with Crippen LogP contribution >= 0.6 is 11.6 Å². The molecule has 0 aromatic heterocycles. The van der Waals surface area contributed by atoms with Crippen molar-refractivity contribution in [3.63, 3.8) is 0 Å². The van der Waals surface area contributed by atoms with Gasteiger partial charge in [-0.1, -0.05) is 44.5 Å². The SMILES string of the molecule is CC(C)(C)c1ccc(C(=O)NC(=O)COC(=O)COc2ccc(Cl)cc2)cc1. The highest BCUT2D eigenvalue weighted by atomic mass is 35.5. The van der Waals surface area contributed by atoms with Crippen LogP contribution in [-0.4, -0.2) is 31.0 Å². The summed E-state index contributed by atoms with van der Waals surface area (Å²) >= 11 is 5.75. The van der Waals surface area contributed by atoms with Crippen LogP contribution in [0, 0.1) is 0 Å². The Hall–Kier alpha value is -2.86. The van der Waals surface area contributed by atoms with E-state index in [0.29, 0.717) is 16.3 Å². The van der Waals surface area contributed by atoms with Crippen LogP contribution in [0.15, 0.2) is 48.5 Å². The van der Waals surface area contributed by atoms with Gasteiger partial charge in [-0.05, 0) is 47.4 Å². The molecule has 2 amide bonds. The monoisotopic (exact) mass is 403 g/mol. The van der Waals surface area contributed by atoms with Crippen LogP contribution in [0.2, 0.25) is 5.02 Å². The minimum absolute atomic E-state index is 0.0346. The van der Waals surface area contributed by atoms with Crippen molar-refractivity contribution in [1.82, 2.24) is 5.32 Å². The highest BCUT2D eigenvalue weighted by Gasteiger charge is 2.16. The molecule has 0 fully saturated rings. The average Bonchev–Trinajstić information content (AvgIpc) is 2.65. The van der Waals surface area contributed by atoms with Gasteiger partial charge in [0.15, 0.2) is 13.2 Å². The summed E-state index contributed by atoms with van der Waals surface area (Å²) in [7, 11) is 0. The van der Waals surface area contributed by atoms with Crippen LogP contribution in [0.3, 0.4) is 0 Å². The predicted octanol–water partition coefficient (Wildman–Crippen LogP) is 3.52. The third-order valence-corrected chi connectivity index (χ3v) is 4.05. The third kappa shape index (κ3) is 6.70. The molecule has 2 aromatic rings. The Morgan fingerprint density at radius 1 is 0.929 bits per heavy atom. The number of rotatable bonds is 6. The summed E-state index contributed by atoms with van der Waals surface area (Å²) in [5.74, 6) is -1.56. The lowest BCUT2D eigenvalue weighted by atomic mass is 9.87. The van der Waals surface area contributed by atoms with Gasteiger partial charge in [0.1, 0.15) is 5.75 Å². The molecule has 2 aromatic carbocycles. The summed E-state index contributed by atoms with van der Waals surface area (Å²) in [4.78, 5) is 35.5.